The van der Waals surface area contributed by atoms with Gasteiger partial charge in [0, 0.05) is 31.3 Å². The van der Waals surface area contributed by atoms with Crippen LogP contribution in [-0.2, 0) is 33.4 Å². The molecule has 3 saturated carbocycles. The van der Waals surface area contributed by atoms with Gasteiger partial charge in [-0.3, -0.25) is 14.4 Å². The normalized spacial score (nSPS) is 42.5. The Bertz CT molecular complexity index is 1320. The predicted molar refractivity (Wildman–Crippen MR) is 148 cm³/mol. The first-order chi connectivity index (χ1) is 19.4. The summed E-state index contributed by atoms with van der Waals surface area (Å²) in [4.78, 5) is 49.8. The Labute approximate surface area is 245 Å². The first-order valence-corrected chi connectivity index (χ1v) is 14.7. The van der Waals surface area contributed by atoms with Gasteiger partial charge in [-0.05, 0) is 81.9 Å². The van der Waals surface area contributed by atoms with Crippen LogP contribution in [-0.4, -0.2) is 74.6 Å². The summed E-state index contributed by atoms with van der Waals surface area (Å²) in [6.07, 6.45) is 4.35. The fraction of sp³-hybridized carbons (Fsp3) is 0.688. The zero-order valence-electron chi connectivity index (χ0n) is 25.2. The van der Waals surface area contributed by atoms with Crippen molar-refractivity contribution >= 4 is 23.7 Å². The smallest absolute Gasteiger partial charge is 0.334 e. The molecule has 3 fully saturated rings. The molecule has 5 aliphatic rings. The van der Waals surface area contributed by atoms with Gasteiger partial charge in [0.15, 0.2) is 5.78 Å². The second-order valence-corrected chi connectivity index (χ2v) is 13.5. The maximum absolute atomic E-state index is 13.5. The van der Waals surface area contributed by atoms with Crippen molar-refractivity contribution in [3.05, 3.63) is 34.9 Å². The van der Waals surface area contributed by atoms with Crippen LogP contribution >= 0.6 is 0 Å². The van der Waals surface area contributed by atoms with Gasteiger partial charge in [-0.1, -0.05) is 19.1 Å². The van der Waals surface area contributed by atoms with Gasteiger partial charge in [-0.25, -0.2) is 4.79 Å². The molecule has 1 heterocycles. The number of esters is 3. The highest BCUT2D eigenvalue weighted by atomic mass is 16.6. The minimum atomic E-state index is -2.00. The Morgan fingerprint density at radius 1 is 1.10 bits per heavy atom. The van der Waals surface area contributed by atoms with Gasteiger partial charge in [0.05, 0.1) is 11.0 Å². The summed E-state index contributed by atoms with van der Waals surface area (Å²) in [5.74, 6) is -2.61. The molecule has 1 aliphatic heterocycles. The molecule has 0 saturated heterocycles. The molecule has 3 N–H and O–H groups in total. The lowest BCUT2D eigenvalue weighted by Gasteiger charge is -2.64. The summed E-state index contributed by atoms with van der Waals surface area (Å²) in [6, 6.07) is 0. The minimum absolute atomic E-state index is 0.0116. The van der Waals surface area contributed by atoms with Crippen LogP contribution in [0, 0.1) is 22.7 Å². The van der Waals surface area contributed by atoms with Gasteiger partial charge in [-0.2, -0.15) is 0 Å². The summed E-state index contributed by atoms with van der Waals surface area (Å²) in [7, 11) is 0. The van der Waals surface area contributed by atoms with Gasteiger partial charge in [0.25, 0.3) is 0 Å². The van der Waals surface area contributed by atoms with Gasteiger partial charge < -0.3 is 29.5 Å². The van der Waals surface area contributed by atoms with Crippen molar-refractivity contribution in [2.24, 2.45) is 22.7 Å². The van der Waals surface area contributed by atoms with E-state index in [2.05, 4.69) is 0 Å². The lowest BCUT2D eigenvalue weighted by Crippen LogP contribution is -2.72. The number of ketones is 1. The summed E-state index contributed by atoms with van der Waals surface area (Å²) in [5, 5.41) is 37.3. The van der Waals surface area contributed by atoms with E-state index in [1.165, 1.54) is 26.8 Å². The Balaban J connectivity index is 1.52. The Morgan fingerprint density at radius 2 is 1.79 bits per heavy atom. The maximum Gasteiger partial charge on any atom is 0.334 e. The molecule has 0 aromatic carbocycles. The molecule has 0 bridgehead atoms. The highest BCUT2D eigenvalue weighted by molar-refractivity contribution is 5.99. The highest BCUT2D eigenvalue weighted by Crippen LogP contribution is 2.70. The topological polar surface area (TPSA) is 157 Å². The molecule has 0 spiro atoms. The molecule has 0 amide bonds. The van der Waals surface area contributed by atoms with E-state index in [1.807, 2.05) is 13.0 Å². The van der Waals surface area contributed by atoms with Crippen molar-refractivity contribution in [1.82, 2.24) is 0 Å². The number of aliphatic hydroxyl groups is 3. The van der Waals surface area contributed by atoms with Gasteiger partial charge in [0.2, 0.25) is 0 Å². The van der Waals surface area contributed by atoms with E-state index in [1.54, 1.807) is 19.9 Å². The number of hydrogen-bond acceptors (Lipinski definition) is 10. The standard InChI is InChI=1S/C32H42O10/c1-17-20(16-40-18(2)33)14-26(42-27(17)36)30(6,37)32(39)13-12-31(38)23-15-24(41-19(3)34)22-8-7-9-25(35)29(22,5)21(23)10-11-28(31,32)4/h7-9,21,23-24,26,37-39H,10-16H2,1-6H3/t21-,23+,24+,26+,28-,29+,30-,31+,32-/m0/s1. The van der Waals surface area contributed by atoms with Crippen LogP contribution in [0.4, 0.5) is 0 Å². The van der Waals surface area contributed by atoms with Gasteiger partial charge in [0.1, 0.15) is 30.0 Å². The van der Waals surface area contributed by atoms with Crippen LogP contribution in [0.25, 0.3) is 0 Å². The maximum atomic E-state index is 13.5. The van der Waals surface area contributed by atoms with Gasteiger partial charge in [-0.15, -0.1) is 0 Å². The third kappa shape index (κ3) is 4.01. The van der Waals surface area contributed by atoms with Crippen molar-refractivity contribution < 1.29 is 48.7 Å². The molecular formula is C32H42O10. The molecule has 4 aliphatic carbocycles. The molecule has 5 rings (SSSR count). The van der Waals surface area contributed by atoms with Crippen molar-refractivity contribution in [2.75, 3.05) is 6.61 Å². The zero-order chi connectivity index (χ0) is 31.0. The number of cyclic esters (lactones) is 1. The lowest BCUT2D eigenvalue weighted by molar-refractivity contribution is -0.282. The lowest BCUT2D eigenvalue weighted by atomic mass is 9.43. The molecule has 42 heavy (non-hydrogen) atoms. The SMILES string of the molecule is CC(=O)OCC1=C(C)C(=O)O[C@@H]([C@](C)(O)[C@]2(O)CC[C@@]3(O)[C@@H]4C[C@@H](OC(C)=O)C5=CC=CC(=O)[C@]5(C)[C@H]4CC[C@]23C)C1. The summed E-state index contributed by atoms with van der Waals surface area (Å²) >= 11 is 0. The average molecular weight is 587 g/mol. The third-order valence-electron chi connectivity index (χ3n) is 11.7. The molecule has 0 radical (unpaired) electrons. The second-order valence-electron chi connectivity index (χ2n) is 13.5. The van der Waals surface area contributed by atoms with E-state index in [0.29, 0.717) is 18.4 Å². The number of rotatable bonds is 5. The van der Waals surface area contributed by atoms with Crippen molar-refractivity contribution in [3.8, 4) is 0 Å². The summed E-state index contributed by atoms with van der Waals surface area (Å²) < 4.78 is 16.5. The fourth-order valence-electron chi connectivity index (χ4n) is 9.09. The van der Waals surface area contributed by atoms with E-state index in [9.17, 15) is 34.5 Å². The number of fused-ring (bicyclic) bond motifs is 5. The Hall–Kier alpha value is -2.82. The molecule has 0 aromatic rings. The van der Waals surface area contributed by atoms with E-state index >= 15 is 0 Å². The molecule has 230 valence electrons. The fourth-order valence-corrected chi connectivity index (χ4v) is 9.09. The summed E-state index contributed by atoms with van der Waals surface area (Å²) in [5.41, 5.74) is -6.20. The van der Waals surface area contributed by atoms with Crippen LogP contribution in [0.5, 0.6) is 0 Å². The van der Waals surface area contributed by atoms with E-state index in [4.69, 9.17) is 14.2 Å². The van der Waals surface area contributed by atoms with E-state index in [-0.39, 0.29) is 49.6 Å². The van der Waals surface area contributed by atoms with E-state index in [0.717, 1.165) is 5.57 Å². The van der Waals surface area contributed by atoms with E-state index < -0.39 is 63.7 Å². The van der Waals surface area contributed by atoms with Crippen LogP contribution in [0.1, 0.15) is 80.1 Å². The first-order valence-electron chi connectivity index (χ1n) is 14.7. The Kier molecular flexibility index (Phi) is 7.19. The van der Waals surface area contributed by atoms with Crippen LogP contribution in [0.15, 0.2) is 34.9 Å². The Morgan fingerprint density at radius 3 is 2.43 bits per heavy atom. The zero-order valence-corrected chi connectivity index (χ0v) is 25.2. The van der Waals surface area contributed by atoms with Crippen molar-refractivity contribution in [3.63, 3.8) is 0 Å². The van der Waals surface area contributed by atoms with Crippen molar-refractivity contribution in [1.29, 1.82) is 0 Å². The quantitative estimate of drug-likeness (QED) is 0.323. The minimum Gasteiger partial charge on any atom is -0.461 e. The average Bonchev–Trinajstić information content (AvgIpc) is 3.13. The molecule has 0 unspecified atom stereocenters. The number of ether oxygens (including phenoxy) is 3. The molecule has 9 atom stereocenters. The van der Waals surface area contributed by atoms with Crippen LogP contribution in [0.3, 0.4) is 0 Å². The van der Waals surface area contributed by atoms with Crippen LogP contribution in [0.2, 0.25) is 0 Å². The molecular weight excluding hydrogens is 544 g/mol. The first kappa shape index (κ1) is 30.6. The predicted octanol–water partition coefficient (Wildman–Crippen LogP) is 2.63. The second kappa shape index (κ2) is 9.86. The number of allylic oxidation sites excluding steroid dienone is 3. The number of hydrogen-bond donors (Lipinski definition) is 3. The molecule has 10 heteroatoms. The van der Waals surface area contributed by atoms with Crippen molar-refractivity contribution in [2.45, 2.75) is 109 Å². The summed E-state index contributed by atoms with van der Waals surface area (Å²) in [6.45, 7) is 9.03. The largest absolute Gasteiger partial charge is 0.461 e. The molecule has 10 nitrogen and oxygen atoms in total. The van der Waals surface area contributed by atoms with Gasteiger partial charge >= 0.3 is 17.9 Å². The van der Waals surface area contributed by atoms with Crippen LogP contribution < -0.4 is 0 Å². The molecule has 0 aromatic heterocycles. The monoisotopic (exact) mass is 586 g/mol. The number of carbonyl (C=O) groups is 4. The third-order valence-corrected chi connectivity index (χ3v) is 11.7. The highest BCUT2D eigenvalue weighted by Gasteiger charge is 2.77. The number of carbonyl (C=O) groups excluding carboxylic acids is 4.